The van der Waals surface area contributed by atoms with E-state index in [1.54, 1.807) is 18.4 Å². The Hall–Kier alpha value is -1.23. The van der Waals surface area contributed by atoms with Gasteiger partial charge in [-0.3, -0.25) is 0 Å². The van der Waals surface area contributed by atoms with Gasteiger partial charge in [0.1, 0.15) is 0 Å². The van der Waals surface area contributed by atoms with E-state index in [4.69, 9.17) is 9.57 Å². The summed E-state index contributed by atoms with van der Waals surface area (Å²) in [6, 6.07) is 12.1. The Balaban J connectivity index is 0.00000200. The molecule has 0 bridgehead atoms. The average molecular weight is 314 g/mol. The zero-order valence-corrected chi connectivity index (χ0v) is 13.5. The molecular formula is C15H20ClNO2S. The maximum absolute atomic E-state index is 5.93. The van der Waals surface area contributed by atoms with Crippen molar-refractivity contribution in [2.75, 3.05) is 14.2 Å². The van der Waals surface area contributed by atoms with Crippen LogP contribution in [0.5, 0.6) is 11.5 Å². The number of rotatable bonds is 6. The smallest absolute Gasteiger partial charge is 0.189 e. The highest BCUT2D eigenvalue weighted by molar-refractivity contribution is 7.10. The van der Waals surface area contributed by atoms with Crippen molar-refractivity contribution in [3.05, 3.63) is 46.7 Å². The van der Waals surface area contributed by atoms with E-state index in [0.29, 0.717) is 0 Å². The van der Waals surface area contributed by atoms with Crippen LogP contribution in [0.25, 0.3) is 0 Å². The third kappa shape index (κ3) is 3.88. The lowest BCUT2D eigenvalue weighted by Crippen LogP contribution is -2.27. The third-order valence-electron chi connectivity index (χ3n) is 3.01. The molecule has 0 amide bonds. The fourth-order valence-electron chi connectivity index (χ4n) is 2.03. The van der Waals surface area contributed by atoms with Gasteiger partial charge >= 0.3 is 0 Å². The molecule has 0 aliphatic rings. The summed E-state index contributed by atoms with van der Waals surface area (Å²) in [6.07, 6.45) is 0.992. The molecule has 0 N–H and O–H groups in total. The predicted molar refractivity (Wildman–Crippen MR) is 86.0 cm³/mol. The van der Waals surface area contributed by atoms with E-state index >= 15 is 0 Å². The van der Waals surface area contributed by atoms with E-state index < -0.39 is 0 Å². The maximum atomic E-state index is 5.93. The summed E-state index contributed by atoms with van der Waals surface area (Å²) in [7, 11) is 3.61. The fourth-order valence-corrected chi connectivity index (χ4v) is 2.97. The van der Waals surface area contributed by atoms with Gasteiger partial charge in [-0.25, -0.2) is 0 Å². The zero-order valence-electron chi connectivity index (χ0n) is 11.9. The van der Waals surface area contributed by atoms with Crippen LogP contribution in [0.15, 0.2) is 41.8 Å². The third-order valence-corrected chi connectivity index (χ3v) is 3.98. The number of methoxy groups -OCH3 is 1. The van der Waals surface area contributed by atoms with Gasteiger partial charge in [0.25, 0.3) is 0 Å². The molecule has 0 aliphatic heterocycles. The highest BCUT2D eigenvalue weighted by atomic mass is 35.5. The van der Waals surface area contributed by atoms with E-state index in [1.165, 1.54) is 4.88 Å². The normalized spacial score (nSPS) is 11.8. The summed E-state index contributed by atoms with van der Waals surface area (Å²) < 4.78 is 5.30. The monoisotopic (exact) mass is 313 g/mol. The summed E-state index contributed by atoms with van der Waals surface area (Å²) in [6.45, 7) is 2.16. The number of hydroxylamine groups is 2. The quantitative estimate of drug-likeness (QED) is 0.730. The Morgan fingerprint density at radius 3 is 2.40 bits per heavy atom. The first-order valence-corrected chi connectivity index (χ1v) is 7.21. The molecule has 0 spiro atoms. The van der Waals surface area contributed by atoms with Gasteiger partial charge in [0, 0.05) is 11.9 Å². The van der Waals surface area contributed by atoms with Gasteiger partial charge in [-0.15, -0.1) is 28.8 Å². The Morgan fingerprint density at radius 1 is 1.15 bits per heavy atom. The molecule has 0 saturated carbocycles. The van der Waals surface area contributed by atoms with E-state index in [0.717, 1.165) is 17.9 Å². The Bertz CT molecular complexity index is 504. The lowest BCUT2D eigenvalue weighted by atomic mass is 10.2. The molecule has 5 heteroatoms. The number of halogens is 1. The molecule has 0 fully saturated rings. The lowest BCUT2D eigenvalue weighted by Gasteiger charge is -2.26. The predicted octanol–water partition coefficient (Wildman–Crippen LogP) is 4.56. The van der Waals surface area contributed by atoms with Crippen LogP contribution in [-0.4, -0.2) is 19.2 Å². The molecule has 1 heterocycles. The van der Waals surface area contributed by atoms with Crippen LogP contribution in [0.3, 0.4) is 0 Å². The van der Waals surface area contributed by atoms with E-state index in [9.17, 15) is 0 Å². The molecule has 1 aromatic heterocycles. The molecule has 1 atom stereocenters. The molecule has 0 aliphatic carbocycles. The Labute approximate surface area is 130 Å². The summed E-state index contributed by atoms with van der Waals surface area (Å²) in [5.74, 6) is 1.48. The van der Waals surface area contributed by atoms with Crippen LogP contribution >= 0.6 is 23.7 Å². The number of para-hydroxylation sites is 2. The first-order valence-electron chi connectivity index (χ1n) is 6.33. The largest absolute Gasteiger partial charge is 0.493 e. The van der Waals surface area contributed by atoms with Gasteiger partial charge in [0.2, 0.25) is 0 Å². The molecule has 110 valence electrons. The molecule has 2 aromatic rings. The summed E-state index contributed by atoms with van der Waals surface area (Å²) in [5.41, 5.74) is 0. The first kappa shape index (κ1) is 16.8. The molecular weight excluding hydrogens is 294 g/mol. The van der Waals surface area contributed by atoms with Crippen molar-refractivity contribution in [2.24, 2.45) is 0 Å². The van der Waals surface area contributed by atoms with E-state index in [-0.39, 0.29) is 18.4 Å². The van der Waals surface area contributed by atoms with Crippen LogP contribution in [-0.2, 0) is 0 Å². The van der Waals surface area contributed by atoms with Crippen molar-refractivity contribution in [2.45, 2.75) is 19.4 Å². The molecule has 0 radical (unpaired) electrons. The number of hydrogen-bond acceptors (Lipinski definition) is 4. The molecule has 0 saturated heterocycles. The van der Waals surface area contributed by atoms with Gasteiger partial charge in [-0.05, 0) is 30.0 Å². The molecule has 3 nitrogen and oxygen atoms in total. The summed E-state index contributed by atoms with van der Waals surface area (Å²) in [4.78, 5) is 7.23. The highest BCUT2D eigenvalue weighted by Crippen LogP contribution is 2.31. The van der Waals surface area contributed by atoms with Crippen LogP contribution in [0.1, 0.15) is 24.3 Å². The summed E-state index contributed by atoms with van der Waals surface area (Å²) in [5, 5.41) is 3.98. The second-order valence-corrected chi connectivity index (χ2v) is 5.21. The van der Waals surface area contributed by atoms with Crippen molar-refractivity contribution >= 4 is 23.7 Å². The van der Waals surface area contributed by atoms with Crippen LogP contribution in [0, 0.1) is 0 Å². The molecule has 20 heavy (non-hydrogen) atoms. The highest BCUT2D eigenvalue weighted by Gasteiger charge is 2.18. The first-order chi connectivity index (χ1) is 9.26. The molecule has 1 unspecified atom stereocenters. The fraction of sp³-hybridized carbons (Fsp3) is 0.333. The zero-order chi connectivity index (χ0) is 13.7. The molecule has 1 aromatic carbocycles. The second kappa shape index (κ2) is 8.15. The lowest BCUT2D eigenvalue weighted by molar-refractivity contribution is -0.0740. The Kier molecular flexibility index (Phi) is 6.85. The second-order valence-electron chi connectivity index (χ2n) is 4.23. The van der Waals surface area contributed by atoms with Crippen LogP contribution in [0.2, 0.25) is 0 Å². The van der Waals surface area contributed by atoms with Crippen LogP contribution < -0.4 is 9.57 Å². The van der Waals surface area contributed by atoms with Crippen molar-refractivity contribution in [3.63, 3.8) is 0 Å². The molecule has 2 rings (SSSR count). The standard InChI is InChI=1S/C15H19NO2S.ClH/c1-4-12(15-10-7-11-19-15)16(2)18-14-9-6-5-8-13(14)17-3;/h5-12H,4H2,1-3H3;1H. The van der Waals surface area contributed by atoms with Crippen LogP contribution in [0.4, 0.5) is 0 Å². The number of benzene rings is 1. The minimum atomic E-state index is 0. The van der Waals surface area contributed by atoms with Gasteiger partial charge in [-0.1, -0.05) is 25.1 Å². The minimum Gasteiger partial charge on any atom is -0.493 e. The van der Waals surface area contributed by atoms with E-state index in [2.05, 4.69) is 24.4 Å². The van der Waals surface area contributed by atoms with Gasteiger partial charge in [0.05, 0.1) is 13.2 Å². The SMILES string of the molecule is CCC(c1cccs1)N(C)Oc1ccccc1OC.Cl. The summed E-state index contributed by atoms with van der Waals surface area (Å²) >= 11 is 1.75. The average Bonchev–Trinajstić information content (AvgIpc) is 2.94. The number of hydrogen-bond donors (Lipinski definition) is 0. The topological polar surface area (TPSA) is 21.7 Å². The van der Waals surface area contributed by atoms with Crippen molar-refractivity contribution < 1.29 is 9.57 Å². The van der Waals surface area contributed by atoms with E-state index in [1.807, 2.05) is 36.4 Å². The maximum Gasteiger partial charge on any atom is 0.189 e. The van der Waals surface area contributed by atoms with Crippen molar-refractivity contribution in [3.8, 4) is 11.5 Å². The van der Waals surface area contributed by atoms with Gasteiger partial charge in [-0.2, -0.15) is 0 Å². The minimum absolute atomic E-state index is 0. The van der Waals surface area contributed by atoms with Gasteiger partial charge in [0.15, 0.2) is 11.5 Å². The number of thiophene rings is 1. The van der Waals surface area contributed by atoms with Gasteiger partial charge < -0.3 is 9.57 Å². The van der Waals surface area contributed by atoms with Crippen molar-refractivity contribution in [1.29, 1.82) is 0 Å². The Morgan fingerprint density at radius 2 is 1.85 bits per heavy atom. The number of ether oxygens (including phenoxy) is 1. The van der Waals surface area contributed by atoms with Crippen molar-refractivity contribution in [1.82, 2.24) is 5.06 Å². The number of nitrogens with zero attached hydrogens (tertiary/aromatic N) is 1.